The molecule has 0 saturated carbocycles. The Morgan fingerprint density at radius 1 is 1.33 bits per heavy atom. The normalized spacial score (nSPS) is 11.0. The molecule has 0 saturated heterocycles. The Morgan fingerprint density at radius 2 is 2.12 bits per heavy atom. The number of benzene rings is 1. The number of fused-ring (bicyclic) bond motifs is 1. The van der Waals surface area contributed by atoms with Gasteiger partial charge in [-0.15, -0.1) is 10.2 Å². The molecule has 6 nitrogen and oxygen atoms in total. The van der Waals surface area contributed by atoms with E-state index >= 15 is 0 Å². The van der Waals surface area contributed by atoms with E-state index in [2.05, 4.69) is 20.5 Å². The Morgan fingerprint density at radius 3 is 2.92 bits per heavy atom. The highest BCUT2D eigenvalue weighted by Crippen LogP contribution is 2.22. The summed E-state index contributed by atoms with van der Waals surface area (Å²) in [6.45, 7) is 3.72. The molecule has 0 atom stereocenters. The summed E-state index contributed by atoms with van der Waals surface area (Å²) < 4.78 is 15.4. The molecular weight excluding hydrogens is 353 g/mol. The molecule has 0 aliphatic carbocycles. The Labute approximate surface area is 146 Å². The fraction of sp³-hybridized carbons (Fsp3) is 0.200. The quantitative estimate of drug-likeness (QED) is 0.718. The van der Waals surface area contributed by atoms with E-state index < -0.39 is 5.82 Å². The summed E-state index contributed by atoms with van der Waals surface area (Å²) in [6, 6.07) is 5.80. The van der Waals surface area contributed by atoms with Crippen molar-refractivity contribution >= 4 is 40.6 Å². The SMILES string of the molecule is Cc1cc2nnc(SCC(=O)Nc3cc(Cl)ccc3F)n2c(C)n1. The van der Waals surface area contributed by atoms with Gasteiger partial charge in [0.25, 0.3) is 0 Å². The van der Waals surface area contributed by atoms with Crippen molar-refractivity contribution in [2.75, 3.05) is 11.1 Å². The molecule has 0 radical (unpaired) electrons. The predicted molar refractivity (Wildman–Crippen MR) is 91.0 cm³/mol. The maximum Gasteiger partial charge on any atom is 0.234 e. The smallest absolute Gasteiger partial charge is 0.234 e. The van der Waals surface area contributed by atoms with Crippen molar-refractivity contribution in [3.8, 4) is 0 Å². The van der Waals surface area contributed by atoms with Crippen molar-refractivity contribution in [2.45, 2.75) is 19.0 Å². The number of aryl methyl sites for hydroxylation is 2. The highest BCUT2D eigenvalue weighted by Gasteiger charge is 2.13. The molecule has 3 rings (SSSR count). The molecule has 1 amide bonds. The van der Waals surface area contributed by atoms with E-state index in [1.165, 1.54) is 30.0 Å². The van der Waals surface area contributed by atoms with Crippen LogP contribution in [-0.4, -0.2) is 31.2 Å². The van der Waals surface area contributed by atoms with Gasteiger partial charge in [-0.25, -0.2) is 9.37 Å². The van der Waals surface area contributed by atoms with Crippen LogP contribution in [0.25, 0.3) is 5.65 Å². The van der Waals surface area contributed by atoms with Crippen LogP contribution in [0.3, 0.4) is 0 Å². The maximum absolute atomic E-state index is 13.6. The molecule has 9 heteroatoms. The summed E-state index contributed by atoms with van der Waals surface area (Å²) in [7, 11) is 0. The third kappa shape index (κ3) is 3.49. The van der Waals surface area contributed by atoms with Gasteiger partial charge in [-0.2, -0.15) is 0 Å². The Hall–Kier alpha value is -2.19. The molecule has 1 aromatic carbocycles. The minimum absolute atomic E-state index is 0.0488. The largest absolute Gasteiger partial charge is 0.323 e. The van der Waals surface area contributed by atoms with Crippen LogP contribution in [0, 0.1) is 19.7 Å². The van der Waals surface area contributed by atoms with Crippen molar-refractivity contribution in [1.29, 1.82) is 0 Å². The highest BCUT2D eigenvalue weighted by atomic mass is 35.5. The van der Waals surface area contributed by atoms with E-state index in [4.69, 9.17) is 11.6 Å². The van der Waals surface area contributed by atoms with Gasteiger partial charge in [-0.1, -0.05) is 23.4 Å². The van der Waals surface area contributed by atoms with E-state index in [1.807, 2.05) is 19.9 Å². The summed E-state index contributed by atoms with van der Waals surface area (Å²) in [5.74, 6) is -0.115. The molecule has 0 aliphatic rings. The van der Waals surface area contributed by atoms with Gasteiger partial charge in [0.15, 0.2) is 10.8 Å². The predicted octanol–water partition coefficient (Wildman–Crippen LogP) is 3.26. The molecule has 0 fully saturated rings. The van der Waals surface area contributed by atoms with Crippen LogP contribution >= 0.6 is 23.4 Å². The third-order valence-electron chi connectivity index (χ3n) is 3.19. The summed E-state index contributed by atoms with van der Waals surface area (Å²) in [5, 5.41) is 11.5. The van der Waals surface area contributed by atoms with E-state index in [0.717, 1.165) is 11.5 Å². The van der Waals surface area contributed by atoms with Crippen molar-refractivity contribution in [3.05, 3.63) is 46.6 Å². The van der Waals surface area contributed by atoms with Crippen LogP contribution in [0.15, 0.2) is 29.4 Å². The third-order valence-corrected chi connectivity index (χ3v) is 4.36. The molecule has 24 heavy (non-hydrogen) atoms. The van der Waals surface area contributed by atoms with Crippen molar-refractivity contribution in [3.63, 3.8) is 0 Å². The average Bonchev–Trinajstić information content (AvgIpc) is 2.92. The summed E-state index contributed by atoms with van der Waals surface area (Å²) >= 11 is 7.00. The number of anilines is 1. The van der Waals surface area contributed by atoms with Gasteiger partial charge >= 0.3 is 0 Å². The highest BCUT2D eigenvalue weighted by molar-refractivity contribution is 7.99. The molecule has 1 N–H and O–H groups in total. The second-order valence-electron chi connectivity index (χ2n) is 5.08. The zero-order valence-corrected chi connectivity index (χ0v) is 14.5. The van der Waals surface area contributed by atoms with Crippen LogP contribution in [0.1, 0.15) is 11.5 Å². The number of rotatable bonds is 4. The fourth-order valence-corrected chi connectivity index (χ4v) is 3.16. The zero-order valence-electron chi connectivity index (χ0n) is 12.9. The van der Waals surface area contributed by atoms with Gasteiger partial charge in [0.2, 0.25) is 5.91 Å². The van der Waals surface area contributed by atoms with Gasteiger partial charge in [0, 0.05) is 16.8 Å². The zero-order chi connectivity index (χ0) is 17.3. The number of hydrogen-bond acceptors (Lipinski definition) is 5. The second kappa shape index (κ2) is 6.74. The molecule has 0 aliphatic heterocycles. The first-order chi connectivity index (χ1) is 11.4. The lowest BCUT2D eigenvalue weighted by molar-refractivity contribution is -0.113. The number of nitrogens with zero attached hydrogens (tertiary/aromatic N) is 4. The van der Waals surface area contributed by atoms with Crippen LogP contribution in [0.5, 0.6) is 0 Å². The standard InChI is InChI=1S/C15H13ClFN5OS/c1-8-5-13-20-21-15(22(13)9(2)18-8)24-7-14(23)19-12-6-10(16)3-4-11(12)17/h3-6H,7H2,1-2H3,(H,19,23). The summed E-state index contributed by atoms with van der Waals surface area (Å²) in [6.07, 6.45) is 0. The molecule has 0 bridgehead atoms. The summed E-state index contributed by atoms with van der Waals surface area (Å²) in [5.41, 5.74) is 1.56. The van der Waals surface area contributed by atoms with Crippen LogP contribution < -0.4 is 5.32 Å². The molecule has 0 unspecified atom stereocenters. The first-order valence-electron chi connectivity index (χ1n) is 7.01. The molecule has 2 heterocycles. The number of carbonyl (C=O) groups excluding carboxylic acids is 1. The maximum atomic E-state index is 13.6. The summed E-state index contributed by atoms with van der Waals surface area (Å²) in [4.78, 5) is 16.4. The first kappa shape index (κ1) is 16.7. The van der Waals surface area contributed by atoms with Crippen LogP contribution in [0.4, 0.5) is 10.1 Å². The Bertz CT molecular complexity index is 930. The number of carbonyl (C=O) groups is 1. The van der Waals surface area contributed by atoms with E-state index in [9.17, 15) is 9.18 Å². The molecular formula is C15H13ClFN5OS. The number of halogens is 2. The number of nitrogens with one attached hydrogen (secondary N) is 1. The molecule has 124 valence electrons. The van der Waals surface area contributed by atoms with Crippen molar-refractivity contribution < 1.29 is 9.18 Å². The topological polar surface area (TPSA) is 72.2 Å². The molecule has 0 spiro atoms. The van der Waals surface area contributed by atoms with Gasteiger partial charge < -0.3 is 5.32 Å². The van der Waals surface area contributed by atoms with Gasteiger partial charge in [0.1, 0.15) is 11.6 Å². The minimum Gasteiger partial charge on any atom is -0.323 e. The minimum atomic E-state index is -0.541. The van der Waals surface area contributed by atoms with Gasteiger partial charge in [0.05, 0.1) is 11.4 Å². The van der Waals surface area contributed by atoms with Gasteiger partial charge in [-0.3, -0.25) is 9.20 Å². The van der Waals surface area contributed by atoms with E-state index in [1.54, 1.807) is 4.40 Å². The molecule has 2 aromatic heterocycles. The van der Waals surface area contributed by atoms with Crippen molar-refractivity contribution in [2.24, 2.45) is 0 Å². The lowest BCUT2D eigenvalue weighted by atomic mass is 10.3. The first-order valence-corrected chi connectivity index (χ1v) is 8.37. The fourth-order valence-electron chi connectivity index (χ4n) is 2.21. The number of thioether (sulfide) groups is 1. The van der Waals surface area contributed by atoms with Crippen LogP contribution in [0.2, 0.25) is 5.02 Å². The Balaban J connectivity index is 1.72. The number of amides is 1. The molecule has 3 aromatic rings. The number of hydrogen-bond donors (Lipinski definition) is 1. The monoisotopic (exact) mass is 365 g/mol. The van der Waals surface area contributed by atoms with E-state index in [-0.39, 0.29) is 17.3 Å². The lowest BCUT2D eigenvalue weighted by Crippen LogP contribution is -2.15. The number of aromatic nitrogens is 4. The van der Waals surface area contributed by atoms with Gasteiger partial charge in [-0.05, 0) is 32.0 Å². The average molecular weight is 366 g/mol. The van der Waals surface area contributed by atoms with Crippen LogP contribution in [-0.2, 0) is 4.79 Å². The lowest BCUT2D eigenvalue weighted by Gasteiger charge is -2.07. The Kier molecular flexibility index (Phi) is 4.68. The van der Waals surface area contributed by atoms with Crippen molar-refractivity contribution in [1.82, 2.24) is 19.6 Å². The second-order valence-corrected chi connectivity index (χ2v) is 6.46. The van der Waals surface area contributed by atoms with E-state index in [0.29, 0.717) is 15.8 Å².